The minimum atomic E-state index is -0.534. The van der Waals surface area contributed by atoms with Crippen molar-refractivity contribution in [3.05, 3.63) is 28.4 Å². The van der Waals surface area contributed by atoms with Gasteiger partial charge in [-0.3, -0.25) is 0 Å². The number of imidazole rings is 1. The Balaban J connectivity index is 2.21. The van der Waals surface area contributed by atoms with Crippen LogP contribution in [0, 0.1) is 10.1 Å². The fourth-order valence-corrected chi connectivity index (χ4v) is 2.26. The molecule has 0 aromatic carbocycles. The van der Waals surface area contributed by atoms with Gasteiger partial charge in [0.15, 0.2) is 5.82 Å². The van der Waals surface area contributed by atoms with Crippen LogP contribution in [-0.4, -0.2) is 49.3 Å². The molecule has 0 aliphatic carbocycles. The molecule has 2 aromatic rings. The maximum atomic E-state index is 10.8. The molecule has 0 aliphatic rings. The normalized spacial score (nSPS) is 12.5. The van der Waals surface area contributed by atoms with Crippen molar-refractivity contribution >= 4 is 29.0 Å². The monoisotopic (exact) mass is 297 g/mol. The maximum absolute atomic E-state index is 10.8. The standard InChI is InChI=1S/C11H15N5O3S/c1-20-5-4-8(7-17)13-9-2-3-10-12-6-11(16(18)19)15(10)14-9/h2-3,6,8,17H,4-5,7H2,1H3,(H,13,14). The van der Waals surface area contributed by atoms with Crippen LogP contribution in [0.25, 0.3) is 5.65 Å². The van der Waals surface area contributed by atoms with Crippen molar-refractivity contribution in [1.82, 2.24) is 14.6 Å². The van der Waals surface area contributed by atoms with E-state index in [4.69, 9.17) is 0 Å². The van der Waals surface area contributed by atoms with Gasteiger partial charge in [0.05, 0.1) is 12.6 Å². The first-order valence-electron chi connectivity index (χ1n) is 6.01. The zero-order valence-corrected chi connectivity index (χ0v) is 11.7. The van der Waals surface area contributed by atoms with Gasteiger partial charge in [0.1, 0.15) is 6.20 Å². The van der Waals surface area contributed by atoms with Crippen molar-refractivity contribution in [3.8, 4) is 0 Å². The predicted molar refractivity (Wildman–Crippen MR) is 77.1 cm³/mol. The van der Waals surface area contributed by atoms with Crippen LogP contribution < -0.4 is 5.32 Å². The summed E-state index contributed by atoms with van der Waals surface area (Å²) in [5.41, 5.74) is 0.409. The van der Waals surface area contributed by atoms with Crippen LogP contribution in [-0.2, 0) is 0 Å². The zero-order valence-electron chi connectivity index (χ0n) is 10.9. The fraction of sp³-hybridized carbons (Fsp3) is 0.455. The Morgan fingerprint density at radius 2 is 2.40 bits per heavy atom. The molecule has 0 fully saturated rings. The van der Waals surface area contributed by atoms with Crippen LogP contribution >= 0.6 is 11.8 Å². The summed E-state index contributed by atoms with van der Waals surface area (Å²) in [4.78, 5) is 14.2. The predicted octanol–water partition coefficient (Wildman–Crippen LogP) is 1.16. The van der Waals surface area contributed by atoms with Gasteiger partial charge in [0.2, 0.25) is 5.65 Å². The summed E-state index contributed by atoms with van der Waals surface area (Å²) < 4.78 is 1.17. The van der Waals surface area contributed by atoms with Gasteiger partial charge in [-0.15, -0.1) is 0 Å². The summed E-state index contributed by atoms with van der Waals surface area (Å²) in [5, 5.41) is 27.4. The molecule has 1 unspecified atom stereocenters. The molecule has 1 atom stereocenters. The fourth-order valence-electron chi connectivity index (χ4n) is 1.74. The molecule has 2 N–H and O–H groups in total. The summed E-state index contributed by atoms with van der Waals surface area (Å²) in [6, 6.07) is 3.20. The minimum absolute atomic E-state index is 0.0215. The lowest BCUT2D eigenvalue weighted by Gasteiger charge is -2.15. The molecule has 0 radical (unpaired) electrons. The highest BCUT2D eigenvalue weighted by molar-refractivity contribution is 7.98. The largest absolute Gasteiger partial charge is 0.394 e. The van der Waals surface area contributed by atoms with Crippen LogP contribution in [0.5, 0.6) is 0 Å². The van der Waals surface area contributed by atoms with Gasteiger partial charge >= 0.3 is 5.82 Å². The number of nitro groups is 1. The number of anilines is 1. The van der Waals surface area contributed by atoms with E-state index in [0.717, 1.165) is 12.2 Å². The molecule has 0 bridgehead atoms. The van der Waals surface area contributed by atoms with E-state index in [9.17, 15) is 15.2 Å². The van der Waals surface area contributed by atoms with Crippen molar-refractivity contribution in [2.24, 2.45) is 0 Å². The van der Waals surface area contributed by atoms with Crippen LogP contribution in [0.4, 0.5) is 11.6 Å². The number of aromatic nitrogens is 3. The third-order valence-corrected chi connectivity index (χ3v) is 3.42. The number of rotatable bonds is 7. The quantitative estimate of drug-likeness (QED) is 0.583. The number of hydrogen-bond donors (Lipinski definition) is 2. The first-order chi connectivity index (χ1) is 9.65. The molecule has 20 heavy (non-hydrogen) atoms. The Kier molecular flexibility index (Phi) is 4.74. The van der Waals surface area contributed by atoms with Crippen LogP contribution in [0.1, 0.15) is 6.42 Å². The third kappa shape index (κ3) is 3.17. The van der Waals surface area contributed by atoms with Gasteiger partial charge in [-0.1, -0.05) is 9.61 Å². The molecule has 0 saturated carbocycles. The molecule has 2 aromatic heterocycles. The highest BCUT2D eigenvalue weighted by atomic mass is 32.2. The van der Waals surface area contributed by atoms with E-state index in [1.165, 1.54) is 10.7 Å². The van der Waals surface area contributed by atoms with E-state index in [2.05, 4.69) is 15.4 Å². The van der Waals surface area contributed by atoms with Gasteiger partial charge in [-0.05, 0) is 29.4 Å². The summed E-state index contributed by atoms with van der Waals surface area (Å²) in [6.45, 7) is -0.0215. The number of hydrogen-bond acceptors (Lipinski definition) is 7. The summed E-state index contributed by atoms with van der Waals surface area (Å²) >= 11 is 1.69. The molecule has 0 spiro atoms. The molecular weight excluding hydrogens is 282 g/mol. The topological polar surface area (TPSA) is 106 Å². The van der Waals surface area contributed by atoms with Crippen LogP contribution in [0.15, 0.2) is 18.3 Å². The number of nitrogens with zero attached hydrogens (tertiary/aromatic N) is 4. The van der Waals surface area contributed by atoms with Gasteiger partial charge < -0.3 is 20.5 Å². The number of nitrogens with one attached hydrogen (secondary N) is 1. The van der Waals surface area contributed by atoms with Crippen molar-refractivity contribution < 1.29 is 10.0 Å². The van der Waals surface area contributed by atoms with Crippen LogP contribution in [0.3, 0.4) is 0 Å². The first-order valence-corrected chi connectivity index (χ1v) is 7.40. The Morgan fingerprint density at radius 3 is 3.05 bits per heavy atom. The second-order valence-corrected chi connectivity index (χ2v) is 5.15. The van der Waals surface area contributed by atoms with Gasteiger partial charge in [0, 0.05) is 6.07 Å². The molecule has 108 valence electrons. The van der Waals surface area contributed by atoms with Crippen molar-refractivity contribution in [3.63, 3.8) is 0 Å². The van der Waals surface area contributed by atoms with E-state index < -0.39 is 4.92 Å². The Labute approximate surface area is 119 Å². The molecule has 9 heteroatoms. The second-order valence-electron chi connectivity index (χ2n) is 4.17. The Hall–Kier alpha value is -1.87. The number of thioether (sulfide) groups is 1. The lowest BCUT2D eigenvalue weighted by atomic mass is 10.2. The third-order valence-electron chi connectivity index (χ3n) is 2.77. The molecule has 0 aliphatic heterocycles. The Bertz CT molecular complexity index is 603. The SMILES string of the molecule is CSCCC(CO)Nc1ccc2ncc([N+](=O)[O-])n2n1. The smallest absolute Gasteiger partial charge is 0.368 e. The number of fused-ring (bicyclic) bond motifs is 1. The van der Waals surface area contributed by atoms with Gasteiger partial charge in [-0.25, -0.2) is 4.98 Å². The van der Waals surface area contributed by atoms with E-state index in [1.54, 1.807) is 23.9 Å². The minimum Gasteiger partial charge on any atom is -0.394 e. The number of aliphatic hydroxyl groups is 1. The van der Waals surface area contributed by atoms with E-state index in [0.29, 0.717) is 11.5 Å². The molecular formula is C11H15N5O3S. The average Bonchev–Trinajstić information content (AvgIpc) is 2.86. The summed E-state index contributed by atoms with van der Waals surface area (Å²) in [6.07, 6.45) is 3.94. The van der Waals surface area contributed by atoms with Crippen molar-refractivity contribution in [2.45, 2.75) is 12.5 Å². The summed E-state index contributed by atoms with van der Waals surface area (Å²) in [7, 11) is 0. The average molecular weight is 297 g/mol. The van der Waals surface area contributed by atoms with E-state index in [1.807, 2.05) is 6.26 Å². The van der Waals surface area contributed by atoms with E-state index in [-0.39, 0.29) is 18.5 Å². The van der Waals surface area contributed by atoms with Gasteiger partial charge in [0.25, 0.3) is 0 Å². The van der Waals surface area contributed by atoms with Crippen molar-refractivity contribution in [2.75, 3.05) is 23.9 Å². The molecule has 0 saturated heterocycles. The molecule has 0 amide bonds. The van der Waals surface area contributed by atoms with Crippen molar-refractivity contribution in [1.29, 1.82) is 0 Å². The first kappa shape index (κ1) is 14.5. The Morgan fingerprint density at radius 1 is 1.60 bits per heavy atom. The highest BCUT2D eigenvalue weighted by Crippen LogP contribution is 2.15. The lowest BCUT2D eigenvalue weighted by molar-refractivity contribution is -0.391. The highest BCUT2D eigenvalue weighted by Gasteiger charge is 2.17. The number of aliphatic hydroxyl groups excluding tert-OH is 1. The van der Waals surface area contributed by atoms with Gasteiger partial charge in [-0.2, -0.15) is 11.8 Å². The second kappa shape index (κ2) is 6.53. The molecule has 8 nitrogen and oxygen atoms in total. The van der Waals surface area contributed by atoms with E-state index >= 15 is 0 Å². The molecule has 2 rings (SSSR count). The van der Waals surface area contributed by atoms with Crippen LogP contribution in [0.2, 0.25) is 0 Å². The zero-order chi connectivity index (χ0) is 14.5. The summed E-state index contributed by atoms with van der Waals surface area (Å²) in [5.74, 6) is 1.19. The maximum Gasteiger partial charge on any atom is 0.368 e. The lowest BCUT2D eigenvalue weighted by Crippen LogP contribution is -2.25. The molecule has 2 heterocycles.